The summed E-state index contributed by atoms with van der Waals surface area (Å²) in [5.41, 5.74) is 1.62. The second-order valence-corrected chi connectivity index (χ2v) is 4.65. The molecule has 1 aromatic carbocycles. The van der Waals surface area contributed by atoms with Crippen LogP contribution in [0.15, 0.2) is 35.7 Å². The topological polar surface area (TPSA) is 35.8 Å². The lowest BCUT2D eigenvalue weighted by atomic mass is 10.3. The highest BCUT2D eigenvalue weighted by Gasteiger charge is 2.01. The van der Waals surface area contributed by atoms with Crippen molar-refractivity contribution in [1.82, 2.24) is 0 Å². The van der Waals surface area contributed by atoms with Crippen molar-refractivity contribution in [3.05, 3.63) is 51.2 Å². The van der Waals surface area contributed by atoms with Crippen LogP contribution in [0.25, 0.3) is 0 Å². The van der Waals surface area contributed by atoms with E-state index in [4.69, 9.17) is 16.9 Å². The summed E-state index contributed by atoms with van der Waals surface area (Å²) >= 11 is 7.58. The molecular weight excluding hydrogens is 240 g/mol. The summed E-state index contributed by atoms with van der Waals surface area (Å²) in [6, 6.07) is 11.6. The van der Waals surface area contributed by atoms with Crippen LogP contribution in [0, 0.1) is 11.3 Å². The Bertz CT molecular complexity index is 528. The highest BCUT2D eigenvalue weighted by atomic mass is 35.5. The maximum absolute atomic E-state index is 8.70. The zero-order chi connectivity index (χ0) is 11.4. The van der Waals surface area contributed by atoms with Gasteiger partial charge in [-0.15, -0.1) is 11.3 Å². The Kier molecular flexibility index (Phi) is 3.45. The molecule has 0 amide bonds. The summed E-state index contributed by atoms with van der Waals surface area (Å²) in [7, 11) is 0. The fourth-order valence-electron chi connectivity index (χ4n) is 1.32. The molecule has 1 heterocycles. The molecule has 0 atom stereocenters. The van der Waals surface area contributed by atoms with Crippen LogP contribution in [0.5, 0.6) is 0 Å². The van der Waals surface area contributed by atoms with Gasteiger partial charge in [0.1, 0.15) is 6.07 Å². The molecule has 0 aliphatic carbocycles. The molecule has 0 bridgehead atoms. The summed E-state index contributed by atoms with van der Waals surface area (Å²) in [4.78, 5) is 1.12. The van der Waals surface area contributed by atoms with Gasteiger partial charge in [0.2, 0.25) is 0 Å². The van der Waals surface area contributed by atoms with Crippen molar-refractivity contribution in [2.24, 2.45) is 0 Å². The molecule has 1 aromatic heterocycles. The van der Waals surface area contributed by atoms with Crippen molar-refractivity contribution in [3.8, 4) is 6.07 Å². The number of nitrogens with one attached hydrogen (secondary N) is 1. The molecule has 80 valence electrons. The molecule has 0 spiro atoms. The quantitative estimate of drug-likeness (QED) is 0.895. The SMILES string of the molecule is N#Cc1csc(CNc2ccccc2Cl)c1. The van der Waals surface area contributed by atoms with Gasteiger partial charge in [-0.3, -0.25) is 0 Å². The number of halogens is 1. The van der Waals surface area contributed by atoms with Gasteiger partial charge < -0.3 is 5.32 Å². The average Bonchev–Trinajstić information content (AvgIpc) is 2.76. The van der Waals surface area contributed by atoms with Crippen molar-refractivity contribution in [2.45, 2.75) is 6.54 Å². The molecule has 0 aliphatic heterocycles. The molecule has 2 rings (SSSR count). The fraction of sp³-hybridized carbons (Fsp3) is 0.0833. The zero-order valence-corrected chi connectivity index (χ0v) is 9.98. The first kappa shape index (κ1) is 11.0. The van der Waals surface area contributed by atoms with Crippen LogP contribution in [-0.4, -0.2) is 0 Å². The number of anilines is 1. The number of hydrogen-bond acceptors (Lipinski definition) is 3. The lowest BCUT2D eigenvalue weighted by molar-refractivity contribution is 1.19. The molecule has 0 fully saturated rings. The Morgan fingerprint density at radius 2 is 2.19 bits per heavy atom. The van der Waals surface area contributed by atoms with Crippen molar-refractivity contribution in [3.63, 3.8) is 0 Å². The molecule has 0 unspecified atom stereocenters. The molecule has 2 nitrogen and oxygen atoms in total. The smallest absolute Gasteiger partial charge is 0.100 e. The monoisotopic (exact) mass is 248 g/mol. The lowest BCUT2D eigenvalue weighted by Crippen LogP contribution is -1.97. The van der Waals surface area contributed by atoms with Crippen LogP contribution in [0.2, 0.25) is 5.02 Å². The van der Waals surface area contributed by atoms with Crippen LogP contribution in [0.1, 0.15) is 10.4 Å². The predicted molar refractivity (Wildman–Crippen MR) is 67.8 cm³/mol. The highest BCUT2D eigenvalue weighted by Crippen LogP contribution is 2.22. The van der Waals surface area contributed by atoms with Crippen molar-refractivity contribution < 1.29 is 0 Å². The van der Waals surface area contributed by atoms with E-state index in [0.29, 0.717) is 17.1 Å². The maximum atomic E-state index is 8.70. The van der Waals surface area contributed by atoms with Gasteiger partial charge >= 0.3 is 0 Å². The number of benzene rings is 1. The molecule has 16 heavy (non-hydrogen) atoms. The third-order valence-electron chi connectivity index (χ3n) is 2.11. The van der Waals surface area contributed by atoms with Crippen LogP contribution < -0.4 is 5.32 Å². The fourth-order valence-corrected chi connectivity index (χ4v) is 2.27. The number of para-hydroxylation sites is 1. The van der Waals surface area contributed by atoms with Gasteiger partial charge in [-0.05, 0) is 18.2 Å². The van der Waals surface area contributed by atoms with Gasteiger partial charge in [-0.1, -0.05) is 23.7 Å². The lowest BCUT2D eigenvalue weighted by Gasteiger charge is -2.05. The Balaban J connectivity index is 2.03. The summed E-state index contributed by atoms with van der Waals surface area (Å²) in [5.74, 6) is 0. The van der Waals surface area contributed by atoms with Crippen LogP contribution in [-0.2, 0) is 6.54 Å². The van der Waals surface area contributed by atoms with E-state index in [-0.39, 0.29) is 0 Å². The number of rotatable bonds is 3. The standard InChI is InChI=1S/C12H9ClN2S/c13-11-3-1-2-4-12(11)15-7-10-5-9(6-14)8-16-10/h1-5,8,15H,7H2. The minimum absolute atomic E-state index is 0.691. The van der Waals surface area contributed by atoms with Crippen molar-refractivity contribution >= 4 is 28.6 Å². The minimum atomic E-state index is 0.691. The first-order valence-electron chi connectivity index (χ1n) is 4.75. The second-order valence-electron chi connectivity index (χ2n) is 3.25. The first-order chi connectivity index (χ1) is 7.79. The Morgan fingerprint density at radius 1 is 1.38 bits per heavy atom. The summed E-state index contributed by atoms with van der Waals surface area (Å²) < 4.78 is 0. The average molecular weight is 249 g/mol. The van der Waals surface area contributed by atoms with Gasteiger partial charge in [0, 0.05) is 16.8 Å². The summed E-state index contributed by atoms with van der Waals surface area (Å²) in [5, 5.41) is 14.5. The predicted octanol–water partition coefficient (Wildman–Crippen LogP) is 3.89. The molecule has 2 aromatic rings. The second kappa shape index (κ2) is 5.02. The largest absolute Gasteiger partial charge is 0.379 e. The number of nitrogens with zero attached hydrogens (tertiary/aromatic N) is 1. The van der Waals surface area contributed by atoms with E-state index in [2.05, 4.69) is 11.4 Å². The van der Waals surface area contributed by atoms with E-state index in [1.165, 1.54) is 0 Å². The molecule has 1 N–H and O–H groups in total. The van der Waals surface area contributed by atoms with Crippen LogP contribution in [0.4, 0.5) is 5.69 Å². The Morgan fingerprint density at radius 3 is 2.88 bits per heavy atom. The molecule has 0 saturated heterocycles. The molecule has 0 aliphatic rings. The van der Waals surface area contributed by atoms with Gasteiger partial charge in [0.25, 0.3) is 0 Å². The highest BCUT2D eigenvalue weighted by molar-refractivity contribution is 7.10. The molecule has 0 saturated carbocycles. The molecular formula is C12H9ClN2S. The van der Waals surface area contributed by atoms with Crippen LogP contribution >= 0.6 is 22.9 Å². The van der Waals surface area contributed by atoms with E-state index in [9.17, 15) is 0 Å². The van der Waals surface area contributed by atoms with E-state index < -0.39 is 0 Å². The number of thiophene rings is 1. The molecule has 4 heteroatoms. The zero-order valence-electron chi connectivity index (χ0n) is 8.40. The summed E-state index contributed by atoms with van der Waals surface area (Å²) in [6.45, 7) is 0.691. The maximum Gasteiger partial charge on any atom is 0.100 e. The van der Waals surface area contributed by atoms with Gasteiger partial charge in [0.15, 0.2) is 0 Å². The summed E-state index contributed by atoms with van der Waals surface area (Å²) in [6.07, 6.45) is 0. The van der Waals surface area contributed by atoms with Crippen LogP contribution in [0.3, 0.4) is 0 Å². The number of hydrogen-bond donors (Lipinski definition) is 1. The molecule has 0 radical (unpaired) electrons. The third-order valence-corrected chi connectivity index (χ3v) is 3.38. The van der Waals surface area contributed by atoms with E-state index in [1.807, 2.05) is 35.7 Å². The minimum Gasteiger partial charge on any atom is -0.379 e. The van der Waals surface area contributed by atoms with Gasteiger partial charge in [-0.25, -0.2) is 0 Å². The van der Waals surface area contributed by atoms with E-state index >= 15 is 0 Å². The first-order valence-corrected chi connectivity index (χ1v) is 6.01. The van der Waals surface area contributed by atoms with E-state index in [0.717, 1.165) is 10.6 Å². The third kappa shape index (κ3) is 2.54. The number of nitriles is 1. The Labute approximate surface area is 103 Å². The van der Waals surface area contributed by atoms with E-state index in [1.54, 1.807) is 11.3 Å². The van der Waals surface area contributed by atoms with Gasteiger partial charge in [0.05, 0.1) is 16.3 Å². The van der Waals surface area contributed by atoms with Crippen molar-refractivity contribution in [2.75, 3.05) is 5.32 Å². The van der Waals surface area contributed by atoms with Gasteiger partial charge in [-0.2, -0.15) is 5.26 Å². The van der Waals surface area contributed by atoms with Crippen molar-refractivity contribution in [1.29, 1.82) is 5.26 Å². The Hall–Kier alpha value is -1.50. The normalized spacial score (nSPS) is 9.75.